The van der Waals surface area contributed by atoms with Gasteiger partial charge < -0.3 is 15.8 Å². The Labute approximate surface area is 131 Å². The van der Waals surface area contributed by atoms with Crippen molar-refractivity contribution in [3.63, 3.8) is 0 Å². The molecule has 3 N–H and O–H groups in total. The molecule has 22 heavy (non-hydrogen) atoms. The van der Waals surface area contributed by atoms with Crippen molar-refractivity contribution in [1.82, 2.24) is 5.32 Å². The minimum atomic E-state index is -4.56. The Morgan fingerprint density at radius 2 is 2.18 bits per heavy atom. The molecule has 0 aliphatic heterocycles. The van der Waals surface area contributed by atoms with Gasteiger partial charge in [0.1, 0.15) is 12.4 Å². The van der Waals surface area contributed by atoms with Gasteiger partial charge in [-0.15, -0.1) is 11.6 Å². The first-order valence-electron chi connectivity index (χ1n) is 6.34. The van der Waals surface area contributed by atoms with E-state index in [9.17, 15) is 18.0 Å². The highest BCUT2D eigenvalue weighted by Gasteiger charge is 2.32. The molecule has 1 aromatic rings. The van der Waals surface area contributed by atoms with Crippen LogP contribution in [0, 0.1) is 0 Å². The first-order valence-corrected chi connectivity index (χ1v) is 6.87. The molecule has 0 spiro atoms. The van der Waals surface area contributed by atoms with Gasteiger partial charge >= 0.3 is 6.18 Å². The lowest BCUT2D eigenvalue weighted by Crippen LogP contribution is -2.38. The topological polar surface area (TPSA) is 64.3 Å². The molecule has 122 valence electrons. The third kappa shape index (κ3) is 5.23. The van der Waals surface area contributed by atoms with Crippen LogP contribution in [-0.2, 0) is 6.18 Å². The molecule has 0 fully saturated rings. The smallest absolute Gasteiger partial charge is 0.416 e. The highest BCUT2D eigenvalue weighted by atomic mass is 35.5. The zero-order valence-corrected chi connectivity index (χ0v) is 12.4. The average Bonchev–Trinajstić information content (AvgIpc) is 2.48. The lowest BCUT2D eigenvalue weighted by atomic mass is 10.1. The Kier molecular flexibility index (Phi) is 6.70. The molecule has 1 aromatic carbocycles. The van der Waals surface area contributed by atoms with E-state index in [0.717, 1.165) is 18.2 Å². The number of hydrogen-bond donors (Lipinski definition) is 2. The number of rotatable bonds is 7. The maximum atomic E-state index is 12.8. The van der Waals surface area contributed by atoms with Gasteiger partial charge in [-0.05, 0) is 18.2 Å². The summed E-state index contributed by atoms with van der Waals surface area (Å²) < 4.78 is 43.5. The predicted molar refractivity (Wildman–Crippen MR) is 78.2 cm³/mol. The lowest BCUT2D eigenvalue weighted by molar-refractivity contribution is -0.137. The number of amides is 1. The summed E-state index contributed by atoms with van der Waals surface area (Å²) in [5, 5.41) is 2.42. The molecule has 1 rings (SSSR count). The third-order valence-corrected chi connectivity index (χ3v) is 3.03. The Bertz CT molecular complexity index is 535. The van der Waals surface area contributed by atoms with Crippen molar-refractivity contribution < 1.29 is 22.7 Å². The number of nitrogens with two attached hydrogens (primary N) is 1. The second kappa shape index (κ2) is 8.05. The highest BCUT2D eigenvalue weighted by Crippen LogP contribution is 2.32. The van der Waals surface area contributed by atoms with Crippen LogP contribution in [0.4, 0.5) is 13.2 Å². The van der Waals surface area contributed by atoms with Gasteiger partial charge in [0.15, 0.2) is 0 Å². The largest absolute Gasteiger partial charge is 0.489 e. The van der Waals surface area contributed by atoms with E-state index in [2.05, 4.69) is 11.9 Å². The quantitative estimate of drug-likeness (QED) is 0.594. The molecule has 0 saturated carbocycles. The summed E-state index contributed by atoms with van der Waals surface area (Å²) in [4.78, 5) is 12.0. The Morgan fingerprint density at radius 1 is 1.50 bits per heavy atom. The molecule has 0 aliphatic rings. The predicted octanol–water partition coefficient (Wildman–Crippen LogP) is 2.57. The molecule has 1 unspecified atom stereocenters. The summed E-state index contributed by atoms with van der Waals surface area (Å²) in [5.74, 6) is -0.571. The fourth-order valence-electron chi connectivity index (χ4n) is 1.53. The van der Waals surface area contributed by atoms with Crippen molar-refractivity contribution >= 4 is 17.5 Å². The molecule has 0 heterocycles. The zero-order chi connectivity index (χ0) is 16.8. The molecule has 8 heteroatoms. The van der Waals surface area contributed by atoms with Crippen molar-refractivity contribution in [2.24, 2.45) is 5.73 Å². The Hall–Kier alpha value is -1.73. The first kappa shape index (κ1) is 18.3. The Balaban J connectivity index is 3.04. The van der Waals surface area contributed by atoms with Crippen LogP contribution >= 0.6 is 11.6 Å². The van der Waals surface area contributed by atoms with Gasteiger partial charge in [0.25, 0.3) is 5.91 Å². The molecule has 0 radical (unpaired) electrons. The fourth-order valence-corrected chi connectivity index (χ4v) is 1.64. The summed E-state index contributed by atoms with van der Waals surface area (Å²) in [6.07, 6.45) is -3.14. The monoisotopic (exact) mass is 336 g/mol. The van der Waals surface area contributed by atoms with Crippen molar-refractivity contribution in [3.8, 4) is 5.75 Å². The van der Waals surface area contributed by atoms with Gasteiger partial charge in [-0.3, -0.25) is 4.79 Å². The second-order valence-corrected chi connectivity index (χ2v) is 4.74. The van der Waals surface area contributed by atoms with Crippen molar-refractivity contribution in [2.75, 3.05) is 19.0 Å². The fraction of sp³-hybridized carbons (Fsp3) is 0.357. The first-order chi connectivity index (χ1) is 10.3. The minimum Gasteiger partial charge on any atom is -0.489 e. The van der Waals surface area contributed by atoms with Crippen LogP contribution in [0.2, 0.25) is 0 Å². The van der Waals surface area contributed by atoms with Crippen molar-refractivity contribution in [2.45, 2.75) is 12.2 Å². The van der Waals surface area contributed by atoms with Crippen LogP contribution < -0.4 is 15.8 Å². The van der Waals surface area contributed by atoms with Crippen LogP contribution in [0.5, 0.6) is 5.75 Å². The average molecular weight is 337 g/mol. The minimum absolute atomic E-state index is 0.0323. The lowest BCUT2D eigenvalue weighted by Gasteiger charge is -2.15. The number of benzene rings is 1. The Morgan fingerprint density at radius 3 is 2.73 bits per heavy atom. The molecule has 0 bridgehead atoms. The summed E-state index contributed by atoms with van der Waals surface area (Å²) in [6.45, 7) is 3.54. The molecule has 0 aromatic heterocycles. The number of nitrogens with one attached hydrogen (secondary N) is 1. The number of alkyl halides is 4. The van der Waals surface area contributed by atoms with Crippen molar-refractivity contribution in [1.29, 1.82) is 0 Å². The van der Waals surface area contributed by atoms with E-state index in [1.54, 1.807) is 0 Å². The maximum Gasteiger partial charge on any atom is 0.416 e. The van der Waals surface area contributed by atoms with E-state index >= 15 is 0 Å². The van der Waals surface area contributed by atoms with Crippen LogP contribution in [0.15, 0.2) is 30.9 Å². The number of carbonyl (C=O) groups is 1. The highest BCUT2D eigenvalue weighted by molar-refractivity contribution is 6.18. The number of halogens is 4. The maximum absolute atomic E-state index is 12.8. The number of hydrogen-bond acceptors (Lipinski definition) is 3. The molecule has 0 aliphatic carbocycles. The molecule has 4 nitrogen and oxygen atoms in total. The van der Waals surface area contributed by atoms with Gasteiger partial charge in [-0.25, -0.2) is 0 Å². The summed E-state index contributed by atoms with van der Waals surface area (Å²) in [7, 11) is 0. The molecular formula is C14H16ClF3N2O2. The van der Waals surface area contributed by atoms with Crippen LogP contribution in [0.25, 0.3) is 0 Å². The SMILES string of the molecule is C=CCOc1ccc(C(F)(F)F)cc1C(=O)NCC(N)CCl. The van der Waals surface area contributed by atoms with Gasteiger partial charge in [-0.2, -0.15) is 13.2 Å². The number of ether oxygens (including phenoxy) is 1. The third-order valence-electron chi connectivity index (χ3n) is 2.63. The van der Waals surface area contributed by atoms with Gasteiger partial charge in [-0.1, -0.05) is 12.7 Å². The van der Waals surface area contributed by atoms with E-state index < -0.39 is 23.7 Å². The van der Waals surface area contributed by atoms with E-state index in [1.165, 1.54) is 6.08 Å². The summed E-state index contributed by atoms with van der Waals surface area (Å²) in [6, 6.07) is 2.19. The van der Waals surface area contributed by atoms with Gasteiger partial charge in [0.05, 0.1) is 11.1 Å². The van der Waals surface area contributed by atoms with Crippen LogP contribution in [0.3, 0.4) is 0 Å². The zero-order valence-electron chi connectivity index (χ0n) is 11.6. The molecular weight excluding hydrogens is 321 g/mol. The molecule has 1 amide bonds. The standard InChI is InChI=1S/C14H16ClF3N2O2/c1-2-5-22-12-4-3-9(14(16,17)18)6-11(12)13(21)20-8-10(19)7-15/h2-4,6,10H,1,5,7-8,19H2,(H,20,21). The molecule has 1 atom stereocenters. The van der Waals surface area contributed by atoms with Crippen molar-refractivity contribution in [3.05, 3.63) is 42.0 Å². The van der Waals surface area contributed by atoms with Gasteiger partial charge in [0.2, 0.25) is 0 Å². The second-order valence-electron chi connectivity index (χ2n) is 4.43. The van der Waals surface area contributed by atoms with Gasteiger partial charge in [0, 0.05) is 18.5 Å². The van der Waals surface area contributed by atoms with Crippen LogP contribution in [0.1, 0.15) is 15.9 Å². The number of carbonyl (C=O) groups excluding carboxylic acids is 1. The van der Waals surface area contributed by atoms with E-state index in [-0.39, 0.29) is 30.3 Å². The van der Waals surface area contributed by atoms with E-state index in [1.807, 2.05) is 0 Å². The normalized spacial score (nSPS) is 12.6. The van der Waals surface area contributed by atoms with Crippen LogP contribution in [-0.4, -0.2) is 31.0 Å². The molecule has 0 saturated heterocycles. The van der Waals surface area contributed by atoms with E-state index in [4.69, 9.17) is 22.1 Å². The summed E-state index contributed by atoms with van der Waals surface area (Å²) >= 11 is 5.51. The van der Waals surface area contributed by atoms with E-state index in [0.29, 0.717) is 0 Å². The summed E-state index contributed by atoms with van der Waals surface area (Å²) in [5.41, 5.74) is 4.38.